The molecule has 2 aromatic heterocycles. The second-order valence-corrected chi connectivity index (χ2v) is 13.8. The zero-order valence-electron chi connectivity index (χ0n) is 28.5. The average molecular weight is 701 g/mol. The third-order valence-electron chi connectivity index (χ3n) is 6.31. The highest BCUT2D eigenvalue weighted by atomic mass is 32.1. The highest BCUT2D eigenvalue weighted by Crippen LogP contribution is 2.37. The molecule has 2 heterocycles. The third kappa shape index (κ3) is 9.07. The lowest BCUT2D eigenvalue weighted by Crippen LogP contribution is -2.22. The molecule has 2 N–H and O–H groups in total. The number of hydrogen-bond donors (Lipinski definition) is 2. The van der Waals surface area contributed by atoms with Crippen molar-refractivity contribution in [2.75, 3.05) is 10.6 Å². The normalized spacial score (nSPS) is 11.1. The summed E-state index contributed by atoms with van der Waals surface area (Å²) in [5.74, 6) is -4.34. The number of nitrogens with one attached hydrogen (secondary N) is 2. The van der Waals surface area contributed by atoms with Gasteiger partial charge in [0.1, 0.15) is 19.8 Å². The van der Waals surface area contributed by atoms with Gasteiger partial charge in [-0.2, -0.15) is 0 Å². The number of anilines is 2. The number of esters is 4. The predicted molar refractivity (Wildman–Crippen MR) is 183 cm³/mol. The first-order chi connectivity index (χ1) is 22.4. The van der Waals surface area contributed by atoms with Gasteiger partial charge in [-0.15, -0.1) is 22.7 Å². The highest BCUT2D eigenvalue weighted by Gasteiger charge is 2.31. The molecule has 0 radical (unpaired) electrons. The van der Waals surface area contributed by atoms with Gasteiger partial charge < -0.3 is 29.6 Å². The van der Waals surface area contributed by atoms with Crippen LogP contribution in [0.3, 0.4) is 0 Å². The Bertz CT molecular complexity index is 1610. The van der Waals surface area contributed by atoms with Crippen molar-refractivity contribution in [1.29, 1.82) is 0 Å². The fourth-order valence-corrected chi connectivity index (χ4v) is 6.53. The van der Waals surface area contributed by atoms with Crippen LogP contribution >= 0.6 is 22.7 Å². The number of carbonyl (C=O) groups excluding carboxylic acids is 6. The smallest absolute Gasteiger partial charge is 0.348 e. The molecule has 0 saturated heterocycles. The van der Waals surface area contributed by atoms with E-state index >= 15 is 0 Å². The minimum atomic E-state index is -0.757. The molecular formula is C34H40N2O10S2. The minimum absolute atomic E-state index is 0.0112. The highest BCUT2D eigenvalue weighted by molar-refractivity contribution is 7.19. The first-order valence-corrected chi connectivity index (χ1v) is 16.9. The quantitative estimate of drug-likeness (QED) is 0.146. The lowest BCUT2D eigenvalue weighted by Gasteiger charge is -2.13. The number of thiophene rings is 2. The van der Waals surface area contributed by atoms with E-state index in [0.717, 1.165) is 22.7 Å². The van der Waals surface area contributed by atoms with E-state index in [9.17, 15) is 28.8 Å². The van der Waals surface area contributed by atoms with Crippen LogP contribution in [0.15, 0.2) is 24.3 Å². The Labute approximate surface area is 287 Å². The van der Waals surface area contributed by atoms with E-state index in [1.807, 2.05) is 0 Å². The molecule has 0 unspecified atom stereocenters. The van der Waals surface area contributed by atoms with E-state index in [4.69, 9.17) is 18.9 Å². The molecule has 3 rings (SSSR count). The molecule has 0 bridgehead atoms. The van der Waals surface area contributed by atoms with Crippen molar-refractivity contribution < 1.29 is 47.7 Å². The molecule has 3 aromatic rings. The van der Waals surface area contributed by atoms with E-state index in [1.54, 1.807) is 81.4 Å². The van der Waals surface area contributed by atoms with E-state index in [-0.39, 0.29) is 53.1 Å². The fraction of sp³-hybridized carbons (Fsp3) is 0.412. The average Bonchev–Trinajstić information content (AvgIpc) is 3.47. The van der Waals surface area contributed by atoms with Crippen LogP contribution in [-0.2, 0) is 18.9 Å². The molecule has 12 nitrogen and oxygen atoms in total. The van der Waals surface area contributed by atoms with Gasteiger partial charge in [0.05, 0.1) is 46.7 Å². The third-order valence-corrected chi connectivity index (χ3v) is 8.69. The summed E-state index contributed by atoms with van der Waals surface area (Å²) < 4.78 is 21.4. The molecule has 0 aliphatic carbocycles. The molecule has 0 atom stereocenters. The topological polar surface area (TPSA) is 163 Å². The molecule has 0 aliphatic rings. The summed E-state index contributed by atoms with van der Waals surface area (Å²) in [5, 5.41) is 5.40. The molecule has 2 amide bonds. The van der Waals surface area contributed by atoms with E-state index < -0.39 is 60.1 Å². The molecular weight excluding hydrogens is 661 g/mol. The zero-order chi connectivity index (χ0) is 36.0. The Balaban J connectivity index is 2.03. The lowest BCUT2D eigenvalue weighted by atomic mass is 10.1. The van der Waals surface area contributed by atoms with Gasteiger partial charge in [0.25, 0.3) is 11.8 Å². The van der Waals surface area contributed by atoms with Gasteiger partial charge in [-0.25, -0.2) is 19.2 Å². The van der Waals surface area contributed by atoms with Gasteiger partial charge in [-0.1, -0.05) is 12.1 Å². The minimum Gasteiger partial charge on any atom is -0.459 e. The Morgan fingerprint density at radius 3 is 1.10 bits per heavy atom. The number of benzene rings is 1. The van der Waals surface area contributed by atoms with Crippen molar-refractivity contribution in [3.8, 4) is 0 Å². The zero-order valence-corrected chi connectivity index (χ0v) is 30.2. The summed E-state index contributed by atoms with van der Waals surface area (Å²) in [5.41, 5.74) is 0.381. The Morgan fingerprint density at radius 1 is 0.521 bits per heavy atom. The van der Waals surface area contributed by atoms with Crippen LogP contribution in [0.5, 0.6) is 0 Å². The van der Waals surface area contributed by atoms with Gasteiger partial charge >= 0.3 is 23.9 Å². The van der Waals surface area contributed by atoms with Crippen LogP contribution in [0.25, 0.3) is 0 Å². The van der Waals surface area contributed by atoms with E-state index in [0.29, 0.717) is 0 Å². The fourth-order valence-electron chi connectivity index (χ4n) is 4.39. The predicted octanol–water partition coefficient (Wildman–Crippen LogP) is 7.19. The second-order valence-electron chi connectivity index (χ2n) is 11.8. The molecule has 0 fully saturated rings. The van der Waals surface area contributed by atoms with Gasteiger partial charge in [0.15, 0.2) is 0 Å². The molecule has 0 spiro atoms. The van der Waals surface area contributed by atoms with Crippen LogP contribution < -0.4 is 10.6 Å². The molecule has 0 aliphatic heterocycles. The van der Waals surface area contributed by atoms with Crippen molar-refractivity contribution in [2.24, 2.45) is 0 Å². The van der Waals surface area contributed by atoms with Crippen LogP contribution in [0, 0.1) is 13.8 Å². The Morgan fingerprint density at radius 2 is 0.812 bits per heavy atom. The van der Waals surface area contributed by atoms with E-state index in [1.165, 1.54) is 12.1 Å². The molecule has 14 heteroatoms. The molecule has 48 heavy (non-hydrogen) atoms. The van der Waals surface area contributed by atoms with Crippen molar-refractivity contribution in [2.45, 2.75) is 93.7 Å². The number of hydrogen-bond acceptors (Lipinski definition) is 12. The number of ether oxygens (including phenoxy) is 4. The van der Waals surface area contributed by atoms with Crippen LogP contribution in [0.2, 0.25) is 0 Å². The van der Waals surface area contributed by atoms with Gasteiger partial charge in [-0.3, -0.25) is 9.59 Å². The van der Waals surface area contributed by atoms with Crippen LogP contribution in [0.1, 0.15) is 127 Å². The lowest BCUT2D eigenvalue weighted by molar-refractivity contribution is 0.0360. The molecule has 0 saturated carbocycles. The maximum atomic E-state index is 13.7. The van der Waals surface area contributed by atoms with Gasteiger partial charge in [-0.05, 0) is 92.5 Å². The second kappa shape index (κ2) is 16.0. The van der Waals surface area contributed by atoms with Crippen LogP contribution in [0.4, 0.5) is 10.0 Å². The van der Waals surface area contributed by atoms with Crippen molar-refractivity contribution in [3.05, 3.63) is 67.4 Å². The largest absolute Gasteiger partial charge is 0.459 e. The SMILES string of the molecule is Cc1c(C(=O)OC(C)C)sc(NC(=O)c2ccccc2C(=O)Nc2sc(C(=O)OC(C)C)c(C)c2C(=O)OC(C)C)c1C(=O)OC(C)C. The van der Waals surface area contributed by atoms with Crippen molar-refractivity contribution in [3.63, 3.8) is 0 Å². The number of amides is 2. The standard InChI is InChI=1S/C34H40N2O10S2/c1-15(2)43-31(39)23-19(9)25(33(41)45-17(5)6)47-29(23)35-27(37)21-13-11-12-14-22(21)28(38)36-30-24(32(40)44-16(3)4)20(10)26(48-30)34(42)46-18(7)8/h11-18H,1-10H3,(H,35,37)(H,36,38). The van der Waals surface area contributed by atoms with Gasteiger partial charge in [0.2, 0.25) is 0 Å². The number of carbonyl (C=O) groups is 6. The van der Waals surface area contributed by atoms with E-state index in [2.05, 4.69) is 10.6 Å². The first-order valence-electron chi connectivity index (χ1n) is 15.2. The summed E-state index contributed by atoms with van der Waals surface area (Å²) >= 11 is 1.70. The summed E-state index contributed by atoms with van der Waals surface area (Å²) in [6, 6.07) is 5.91. The van der Waals surface area contributed by atoms with Crippen molar-refractivity contribution >= 4 is 68.4 Å². The Kier molecular flexibility index (Phi) is 12.7. The summed E-state index contributed by atoms with van der Waals surface area (Å²) in [6.07, 6.45) is -1.81. The number of rotatable bonds is 12. The summed E-state index contributed by atoms with van der Waals surface area (Å²) in [4.78, 5) is 79.5. The monoisotopic (exact) mass is 700 g/mol. The first kappa shape index (κ1) is 37.9. The Hall–Kier alpha value is -4.56. The summed E-state index contributed by atoms with van der Waals surface area (Å²) in [7, 11) is 0. The van der Waals surface area contributed by atoms with Gasteiger partial charge in [0, 0.05) is 0 Å². The summed E-state index contributed by atoms with van der Waals surface area (Å²) in [6.45, 7) is 16.5. The van der Waals surface area contributed by atoms with Crippen LogP contribution in [-0.4, -0.2) is 60.1 Å². The maximum absolute atomic E-state index is 13.7. The van der Waals surface area contributed by atoms with Crippen molar-refractivity contribution in [1.82, 2.24) is 0 Å². The molecule has 258 valence electrons. The maximum Gasteiger partial charge on any atom is 0.348 e. The molecule has 1 aromatic carbocycles.